The normalized spacial score (nSPS) is 15.6. The molecule has 0 amide bonds. The fraction of sp³-hybridized carbons (Fsp3) is 0.682. The molecule has 0 spiro atoms. The molecule has 0 saturated carbocycles. The minimum atomic E-state index is 0. The number of nitrogens with zero attached hydrogens (tertiary/aromatic N) is 5. The second-order valence-corrected chi connectivity index (χ2v) is 9.12. The van der Waals surface area contributed by atoms with Gasteiger partial charge in [-0.2, -0.15) is 0 Å². The van der Waals surface area contributed by atoms with Crippen LogP contribution in [0, 0.1) is 5.92 Å². The largest absolute Gasteiger partial charge is 0.356 e. The van der Waals surface area contributed by atoms with Crippen molar-refractivity contribution >= 4 is 41.3 Å². The van der Waals surface area contributed by atoms with E-state index in [-0.39, 0.29) is 24.0 Å². The van der Waals surface area contributed by atoms with E-state index >= 15 is 0 Å². The average Bonchev–Trinajstić information content (AvgIpc) is 3.44. The van der Waals surface area contributed by atoms with Crippen molar-refractivity contribution in [1.82, 2.24) is 30.3 Å². The second kappa shape index (κ2) is 14.8. The average molecular weight is 560 g/mol. The van der Waals surface area contributed by atoms with Crippen LogP contribution in [0.15, 0.2) is 28.8 Å². The molecule has 2 N–H and O–H groups in total. The van der Waals surface area contributed by atoms with Crippen LogP contribution >= 0.6 is 35.3 Å². The first-order chi connectivity index (χ1) is 14.7. The number of likely N-dealkylation sites (tertiary alicyclic amines) is 1. The van der Waals surface area contributed by atoms with Crippen molar-refractivity contribution in [1.29, 1.82) is 0 Å². The minimum absolute atomic E-state index is 0. The van der Waals surface area contributed by atoms with Crippen molar-refractivity contribution in [3.8, 4) is 0 Å². The third kappa shape index (κ3) is 9.44. The van der Waals surface area contributed by atoms with Crippen LogP contribution in [0.2, 0.25) is 0 Å². The summed E-state index contributed by atoms with van der Waals surface area (Å²) in [7, 11) is 0. The number of aryl methyl sites for hydroxylation is 1. The number of thiophene rings is 1. The summed E-state index contributed by atoms with van der Waals surface area (Å²) in [6, 6.07) is 4.30. The monoisotopic (exact) mass is 559 g/mol. The van der Waals surface area contributed by atoms with E-state index in [9.17, 15) is 0 Å². The molecule has 1 saturated heterocycles. The third-order valence-electron chi connectivity index (χ3n) is 5.68. The zero-order chi connectivity index (χ0) is 21.0. The van der Waals surface area contributed by atoms with E-state index in [0.717, 1.165) is 69.7 Å². The summed E-state index contributed by atoms with van der Waals surface area (Å²) in [6.45, 7) is 11.5. The van der Waals surface area contributed by atoms with Crippen molar-refractivity contribution in [2.24, 2.45) is 10.9 Å². The maximum Gasteiger partial charge on any atom is 0.191 e. The molecule has 1 aliphatic rings. The molecule has 0 radical (unpaired) electrons. The number of hydrogen-bond acceptors (Lipinski definition) is 5. The Kier molecular flexibility index (Phi) is 12.4. The van der Waals surface area contributed by atoms with E-state index in [1.165, 1.54) is 30.8 Å². The Morgan fingerprint density at radius 2 is 2.03 bits per heavy atom. The lowest BCUT2D eigenvalue weighted by Crippen LogP contribution is -2.40. The Labute approximate surface area is 208 Å². The summed E-state index contributed by atoms with van der Waals surface area (Å²) in [5.41, 5.74) is 0. The first-order valence-corrected chi connectivity index (χ1v) is 12.3. The Morgan fingerprint density at radius 1 is 1.23 bits per heavy atom. The van der Waals surface area contributed by atoms with Crippen LogP contribution < -0.4 is 10.6 Å². The Balaban J connectivity index is 0.00000341. The van der Waals surface area contributed by atoms with Crippen LogP contribution in [0.5, 0.6) is 0 Å². The van der Waals surface area contributed by atoms with Gasteiger partial charge in [0.1, 0.15) is 12.2 Å². The molecule has 1 fully saturated rings. The van der Waals surface area contributed by atoms with Crippen LogP contribution in [0.25, 0.3) is 0 Å². The topological polar surface area (TPSA) is 70.4 Å². The van der Waals surface area contributed by atoms with Crippen LogP contribution in [0.1, 0.15) is 43.8 Å². The molecular weight excluding hydrogens is 521 g/mol. The van der Waals surface area contributed by atoms with Gasteiger partial charge >= 0.3 is 0 Å². The van der Waals surface area contributed by atoms with E-state index in [2.05, 4.69) is 61.7 Å². The Morgan fingerprint density at radius 3 is 2.77 bits per heavy atom. The lowest BCUT2D eigenvalue weighted by molar-refractivity contribution is 0.192. The number of hydrogen-bond donors (Lipinski definition) is 2. The second-order valence-electron chi connectivity index (χ2n) is 8.09. The van der Waals surface area contributed by atoms with E-state index < -0.39 is 0 Å². The van der Waals surface area contributed by atoms with E-state index in [1.54, 1.807) is 6.33 Å². The molecule has 0 aromatic carbocycles. The van der Waals surface area contributed by atoms with Gasteiger partial charge in [0.2, 0.25) is 0 Å². The Hall–Kier alpha value is -1.20. The number of aromatic nitrogens is 3. The molecule has 0 bridgehead atoms. The number of guanidine groups is 1. The highest BCUT2D eigenvalue weighted by molar-refractivity contribution is 14.0. The predicted octanol–water partition coefficient (Wildman–Crippen LogP) is 3.42. The van der Waals surface area contributed by atoms with E-state index in [0.29, 0.717) is 0 Å². The van der Waals surface area contributed by atoms with Crippen LogP contribution in [-0.4, -0.2) is 64.9 Å². The van der Waals surface area contributed by atoms with Gasteiger partial charge in [0.25, 0.3) is 0 Å². The molecule has 31 heavy (non-hydrogen) atoms. The number of rotatable bonds is 11. The summed E-state index contributed by atoms with van der Waals surface area (Å²) >= 11 is 1.81. The molecule has 174 valence electrons. The van der Waals surface area contributed by atoms with Gasteiger partial charge in [0.15, 0.2) is 5.96 Å². The van der Waals surface area contributed by atoms with Gasteiger partial charge in [-0.15, -0.1) is 45.5 Å². The van der Waals surface area contributed by atoms with Gasteiger partial charge in [-0.1, -0.05) is 19.9 Å². The lowest BCUT2D eigenvalue weighted by atomic mass is 9.99. The van der Waals surface area contributed by atoms with Gasteiger partial charge in [-0.25, -0.2) is 0 Å². The number of piperidine rings is 1. The summed E-state index contributed by atoms with van der Waals surface area (Å²) in [5.74, 6) is 2.82. The predicted molar refractivity (Wildman–Crippen MR) is 141 cm³/mol. The molecular formula is C22H38IN7S. The maximum absolute atomic E-state index is 4.83. The molecule has 2 aromatic heterocycles. The summed E-state index contributed by atoms with van der Waals surface area (Å²) in [4.78, 5) is 8.82. The molecule has 0 aliphatic carbocycles. The zero-order valence-corrected chi connectivity index (χ0v) is 22.1. The lowest BCUT2D eigenvalue weighted by Gasteiger charge is -2.29. The van der Waals surface area contributed by atoms with Crippen LogP contribution in [0.3, 0.4) is 0 Å². The Bertz CT molecular complexity index is 739. The van der Waals surface area contributed by atoms with E-state index in [4.69, 9.17) is 4.99 Å². The van der Waals surface area contributed by atoms with Crippen LogP contribution in [0.4, 0.5) is 0 Å². The van der Waals surface area contributed by atoms with Gasteiger partial charge in [0, 0.05) is 37.5 Å². The highest BCUT2D eigenvalue weighted by Gasteiger charge is 2.14. The molecule has 0 atom stereocenters. The first-order valence-electron chi connectivity index (χ1n) is 11.4. The third-order valence-corrected chi connectivity index (χ3v) is 6.62. The highest BCUT2D eigenvalue weighted by atomic mass is 127. The minimum Gasteiger partial charge on any atom is -0.356 e. The highest BCUT2D eigenvalue weighted by Crippen LogP contribution is 2.15. The zero-order valence-electron chi connectivity index (χ0n) is 18.9. The quantitative estimate of drug-likeness (QED) is 0.191. The van der Waals surface area contributed by atoms with Gasteiger partial charge in [-0.05, 0) is 62.7 Å². The molecule has 7 nitrogen and oxygen atoms in total. The number of nitrogens with one attached hydrogen (secondary N) is 2. The molecule has 1 aliphatic heterocycles. The smallest absolute Gasteiger partial charge is 0.191 e. The van der Waals surface area contributed by atoms with Crippen LogP contribution in [-0.2, 0) is 19.4 Å². The van der Waals surface area contributed by atoms with Crippen molar-refractivity contribution in [3.05, 3.63) is 34.5 Å². The fourth-order valence-electron chi connectivity index (χ4n) is 3.74. The number of aliphatic imine (C=N–C) groups is 1. The molecule has 3 rings (SSSR count). The first kappa shape index (κ1) is 26.1. The van der Waals surface area contributed by atoms with Gasteiger partial charge < -0.3 is 20.1 Å². The SMILES string of the molecule is CCc1nncn1CCNC(=NCCCN1CCC(C)CC1)NCCc1cccs1.I. The van der Waals surface area contributed by atoms with Gasteiger partial charge in [0.05, 0.1) is 0 Å². The van der Waals surface area contributed by atoms with Crippen molar-refractivity contribution in [3.63, 3.8) is 0 Å². The maximum atomic E-state index is 4.83. The summed E-state index contributed by atoms with van der Waals surface area (Å²) in [5, 5.41) is 17.3. The molecule has 0 unspecified atom stereocenters. The molecule has 3 heterocycles. The van der Waals surface area contributed by atoms with E-state index in [1.807, 2.05) is 11.3 Å². The number of halogens is 1. The molecule has 2 aromatic rings. The standard InChI is InChI=1S/C22H37N7S.HI/c1-3-21-27-26-18-29(21)16-12-25-22(24-11-7-20-6-4-17-30-20)23-10-5-13-28-14-8-19(2)9-15-28;/h4,6,17-19H,3,5,7-16H2,1-2H3,(H2,23,24,25);1H. The summed E-state index contributed by atoms with van der Waals surface area (Å²) < 4.78 is 2.10. The molecule has 9 heteroatoms. The van der Waals surface area contributed by atoms with Gasteiger partial charge in [-0.3, -0.25) is 4.99 Å². The van der Waals surface area contributed by atoms with Crippen molar-refractivity contribution in [2.75, 3.05) is 39.3 Å². The summed E-state index contributed by atoms with van der Waals surface area (Å²) in [6.07, 6.45) is 7.51. The van der Waals surface area contributed by atoms with Crippen molar-refractivity contribution < 1.29 is 0 Å². The fourth-order valence-corrected chi connectivity index (χ4v) is 4.45. The van der Waals surface area contributed by atoms with Crippen molar-refractivity contribution in [2.45, 2.75) is 52.5 Å².